The van der Waals surface area contributed by atoms with E-state index in [1.165, 1.54) is 51.4 Å². The monoisotopic (exact) mass is 386 g/mol. The standard InChI is InChI=1S/C27H46O/c1-18(2)7-6-8-19(3)23-11-12-24-22-10-9-20-17-21(28)13-15-26(20,4)25(22)14-16-27(23,24)5/h6,8,18-25,28H,7,9-17H2,1-5H3/b8-6+/t19-,20-,21-,22-,23-,24-,25-,26-,27+/m0/s1. The molecular formula is C27H46O. The highest BCUT2D eigenvalue weighted by Gasteiger charge is 2.60. The highest BCUT2D eigenvalue weighted by Crippen LogP contribution is 2.68. The zero-order valence-corrected chi connectivity index (χ0v) is 19.3. The zero-order valence-electron chi connectivity index (χ0n) is 19.3. The van der Waals surface area contributed by atoms with Crippen molar-refractivity contribution < 1.29 is 5.11 Å². The molecule has 1 nitrogen and oxygen atoms in total. The van der Waals surface area contributed by atoms with Crippen LogP contribution < -0.4 is 0 Å². The first-order valence-electron chi connectivity index (χ1n) is 12.6. The fraction of sp³-hybridized carbons (Fsp3) is 0.926. The van der Waals surface area contributed by atoms with E-state index < -0.39 is 0 Å². The maximum Gasteiger partial charge on any atom is 0.0543 e. The minimum atomic E-state index is -0.0159. The van der Waals surface area contributed by atoms with Gasteiger partial charge in [-0.2, -0.15) is 0 Å². The van der Waals surface area contributed by atoms with Gasteiger partial charge in [0.2, 0.25) is 0 Å². The highest BCUT2D eigenvalue weighted by atomic mass is 16.3. The van der Waals surface area contributed by atoms with Crippen molar-refractivity contribution in [3.8, 4) is 0 Å². The normalized spacial score (nSPS) is 49.7. The van der Waals surface area contributed by atoms with Gasteiger partial charge in [-0.3, -0.25) is 0 Å². The second kappa shape index (κ2) is 7.75. The van der Waals surface area contributed by atoms with Crippen LogP contribution in [0.15, 0.2) is 12.2 Å². The van der Waals surface area contributed by atoms with Gasteiger partial charge in [0, 0.05) is 0 Å². The van der Waals surface area contributed by atoms with E-state index in [-0.39, 0.29) is 6.10 Å². The topological polar surface area (TPSA) is 20.2 Å². The Kier molecular flexibility index (Phi) is 5.80. The van der Waals surface area contributed by atoms with E-state index >= 15 is 0 Å². The predicted octanol–water partition coefficient (Wildman–Crippen LogP) is 7.24. The van der Waals surface area contributed by atoms with Crippen LogP contribution in [0.2, 0.25) is 0 Å². The van der Waals surface area contributed by atoms with Crippen LogP contribution >= 0.6 is 0 Å². The quantitative estimate of drug-likeness (QED) is 0.505. The molecule has 0 radical (unpaired) electrons. The molecule has 4 saturated carbocycles. The van der Waals surface area contributed by atoms with E-state index in [1.54, 1.807) is 0 Å². The lowest BCUT2D eigenvalue weighted by atomic mass is 9.44. The first-order chi connectivity index (χ1) is 13.3. The summed E-state index contributed by atoms with van der Waals surface area (Å²) in [5, 5.41) is 10.2. The minimum absolute atomic E-state index is 0.0159. The highest BCUT2D eigenvalue weighted by molar-refractivity contribution is 5.11. The van der Waals surface area contributed by atoms with Crippen molar-refractivity contribution in [2.45, 2.75) is 105 Å². The fourth-order valence-electron chi connectivity index (χ4n) is 8.84. The third kappa shape index (κ3) is 3.42. The summed E-state index contributed by atoms with van der Waals surface area (Å²) < 4.78 is 0. The van der Waals surface area contributed by atoms with Crippen LogP contribution in [-0.4, -0.2) is 11.2 Å². The van der Waals surface area contributed by atoms with E-state index in [1.807, 2.05) is 0 Å². The lowest BCUT2D eigenvalue weighted by Gasteiger charge is -2.61. The van der Waals surface area contributed by atoms with Gasteiger partial charge in [0.1, 0.15) is 0 Å². The summed E-state index contributed by atoms with van der Waals surface area (Å²) in [7, 11) is 0. The first kappa shape index (κ1) is 21.0. The molecule has 4 aliphatic carbocycles. The van der Waals surface area contributed by atoms with Crippen molar-refractivity contribution in [1.29, 1.82) is 0 Å². The molecule has 4 fully saturated rings. The molecule has 0 amide bonds. The van der Waals surface area contributed by atoms with Gasteiger partial charge >= 0.3 is 0 Å². The average molecular weight is 387 g/mol. The summed E-state index contributed by atoms with van der Waals surface area (Å²) >= 11 is 0. The molecule has 0 aromatic rings. The average Bonchev–Trinajstić information content (AvgIpc) is 2.99. The molecule has 1 heteroatoms. The molecule has 0 spiro atoms. The molecule has 9 atom stereocenters. The molecule has 0 aromatic heterocycles. The molecule has 1 N–H and O–H groups in total. The molecule has 0 unspecified atom stereocenters. The third-order valence-corrected chi connectivity index (χ3v) is 10.4. The lowest BCUT2D eigenvalue weighted by Crippen LogP contribution is -2.54. The van der Waals surface area contributed by atoms with Crippen LogP contribution in [-0.2, 0) is 0 Å². The number of aliphatic hydroxyl groups is 1. The zero-order chi connectivity index (χ0) is 20.1. The number of hydrogen-bond acceptors (Lipinski definition) is 1. The van der Waals surface area contributed by atoms with Crippen LogP contribution in [0, 0.1) is 52.3 Å². The lowest BCUT2D eigenvalue weighted by molar-refractivity contribution is -0.128. The molecule has 0 aromatic carbocycles. The summed E-state index contributed by atoms with van der Waals surface area (Å²) in [4.78, 5) is 0. The maximum absolute atomic E-state index is 10.2. The van der Waals surface area contributed by atoms with E-state index in [2.05, 4.69) is 46.8 Å². The first-order valence-corrected chi connectivity index (χ1v) is 12.6. The van der Waals surface area contributed by atoms with Crippen LogP contribution in [0.25, 0.3) is 0 Å². The Balaban J connectivity index is 1.50. The van der Waals surface area contributed by atoms with Crippen molar-refractivity contribution in [2.75, 3.05) is 0 Å². The largest absolute Gasteiger partial charge is 0.393 e. The Morgan fingerprint density at radius 3 is 2.36 bits per heavy atom. The van der Waals surface area contributed by atoms with Gasteiger partial charge in [0.15, 0.2) is 0 Å². The van der Waals surface area contributed by atoms with E-state index in [4.69, 9.17) is 0 Å². The second-order valence-corrected chi connectivity index (χ2v) is 12.2. The number of rotatable bonds is 4. The van der Waals surface area contributed by atoms with Crippen molar-refractivity contribution in [1.82, 2.24) is 0 Å². The number of fused-ring (bicyclic) bond motifs is 5. The molecule has 28 heavy (non-hydrogen) atoms. The van der Waals surface area contributed by atoms with Crippen LogP contribution in [0.1, 0.15) is 98.8 Å². The summed E-state index contributed by atoms with van der Waals surface area (Å²) in [5.74, 6) is 6.05. The van der Waals surface area contributed by atoms with Crippen molar-refractivity contribution in [3.05, 3.63) is 12.2 Å². The van der Waals surface area contributed by atoms with Gasteiger partial charge in [0.05, 0.1) is 6.10 Å². The Morgan fingerprint density at radius 2 is 1.61 bits per heavy atom. The van der Waals surface area contributed by atoms with E-state index in [9.17, 15) is 5.11 Å². The summed E-state index contributed by atoms with van der Waals surface area (Å²) in [6.07, 6.45) is 18.3. The summed E-state index contributed by atoms with van der Waals surface area (Å²) in [5.41, 5.74) is 1.09. The Labute approximate surface area is 174 Å². The van der Waals surface area contributed by atoms with Gasteiger partial charge in [-0.05, 0) is 116 Å². The van der Waals surface area contributed by atoms with Crippen LogP contribution in [0.3, 0.4) is 0 Å². The van der Waals surface area contributed by atoms with Gasteiger partial charge in [-0.1, -0.05) is 46.8 Å². The number of allylic oxidation sites excluding steroid dienone is 2. The summed E-state index contributed by atoms with van der Waals surface area (Å²) in [6, 6.07) is 0. The van der Waals surface area contributed by atoms with Gasteiger partial charge in [0.25, 0.3) is 0 Å². The molecule has 4 aliphatic rings. The molecule has 4 rings (SSSR count). The number of hydrogen-bond donors (Lipinski definition) is 1. The third-order valence-electron chi connectivity index (χ3n) is 10.4. The Bertz CT molecular complexity index is 579. The molecule has 0 saturated heterocycles. The predicted molar refractivity (Wildman–Crippen MR) is 119 cm³/mol. The SMILES string of the molecule is CC(C)C/C=C/[C@H](C)[C@@H]1CC[C@H]2[C@@H]3CC[C@H]4C[C@@H](O)CC[C@]4(C)[C@H]3CC[C@@]21C. The molecule has 0 heterocycles. The van der Waals surface area contributed by atoms with Gasteiger partial charge < -0.3 is 5.11 Å². The smallest absolute Gasteiger partial charge is 0.0543 e. The Morgan fingerprint density at radius 1 is 0.893 bits per heavy atom. The summed E-state index contributed by atoms with van der Waals surface area (Å²) in [6.45, 7) is 12.4. The van der Waals surface area contributed by atoms with Crippen LogP contribution in [0.4, 0.5) is 0 Å². The maximum atomic E-state index is 10.2. The van der Waals surface area contributed by atoms with E-state index in [0.717, 1.165) is 54.3 Å². The van der Waals surface area contributed by atoms with Gasteiger partial charge in [-0.25, -0.2) is 0 Å². The van der Waals surface area contributed by atoms with Gasteiger partial charge in [-0.15, -0.1) is 0 Å². The van der Waals surface area contributed by atoms with E-state index in [0.29, 0.717) is 10.8 Å². The molecule has 0 bridgehead atoms. The minimum Gasteiger partial charge on any atom is -0.393 e. The fourth-order valence-corrected chi connectivity index (χ4v) is 8.84. The van der Waals surface area contributed by atoms with Crippen molar-refractivity contribution in [2.24, 2.45) is 52.3 Å². The molecule has 0 aliphatic heterocycles. The van der Waals surface area contributed by atoms with Crippen molar-refractivity contribution >= 4 is 0 Å². The number of aliphatic hydroxyl groups excluding tert-OH is 1. The second-order valence-electron chi connectivity index (χ2n) is 12.2. The molecule has 160 valence electrons. The van der Waals surface area contributed by atoms with Crippen LogP contribution in [0.5, 0.6) is 0 Å². The molecular weight excluding hydrogens is 340 g/mol. The van der Waals surface area contributed by atoms with Crippen molar-refractivity contribution in [3.63, 3.8) is 0 Å². The Hall–Kier alpha value is -0.300.